The zero-order chi connectivity index (χ0) is 27.0. The third-order valence-corrected chi connectivity index (χ3v) is 8.26. The minimum atomic E-state index is -4.51. The monoisotopic (exact) mass is 566 g/mol. The van der Waals surface area contributed by atoms with E-state index < -0.39 is 33.3 Å². The molecule has 37 heavy (non-hydrogen) atoms. The number of alkyl halides is 3. The van der Waals surface area contributed by atoms with E-state index in [0.29, 0.717) is 21.2 Å². The lowest BCUT2D eigenvalue weighted by Gasteiger charge is -2.12. The van der Waals surface area contributed by atoms with Crippen molar-refractivity contribution in [2.45, 2.75) is 28.6 Å². The van der Waals surface area contributed by atoms with Crippen LogP contribution >= 0.6 is 23.4 Å². The van der Waals surface area contributed by atoms with Gasteiger partial charge in [0.25, 0.3) is 15.6 Å². The quantitative estimate of drug-likeness (QED) is 0.202. The summed E-state index contributed by atoms with van der Waals surface area (Å²) >= 11 is 7.18. The molecule has 0 aliphatic carbocycles. The van der Waals surface area contributed by atoms with Crippen molar-refractivity contribution >= 4 is 50.1 Å². The number of halogens is 4. The van der Waals surface area contributed by atoms with Gasteiger partial charge in [0.1, 0.15) is 4.90 Å². The Hall–Kier alpha value is -3.35. The summed E-state index contributed by atoms with van der Waals surface area (Å²) in [6.07, 6.45) is -3.15. The highest BCUT2D eigenvalue weighted by atomic mass is 35.5. The lowest BCUT2D eigenvalue weighted by atomic mass is 10.1. The molecule has 0 aliphatic heterocycles. The van der Waals surface area contributed by atoms with E-state index in [1.165, 1.54) is 30.5 Å². The molecule has 4 rings (SSSR count). The average Bonchev–Trinajstić information content (AvgIpc) is 2.84. The predicted molar refractivity (Wildman–Crippen MR) is 137 cm³/mol. The van der Waals surface area contributed by atoms with Gasteiger partial charge in [0, 0.05) is 21.1 Å². The van der Waals surface area contributed by atoms with Crippen LogP contribution in [0.5, 0.6) is 0 Å². The number of nitrogens with zero attached hydrogens (tertiary/aromatic N) is 3. The van der Waals surface area contributed by atoms with Crippen LogP contribution in [0.2, 0.25) is 5.02 Å². The van der Waals surface area contributed by atoms with Crippen molar-refractivity contribution in [1.29, 1.82) is 0 Å². The lowest BCUT2D eigenvalue weighted by molar-refractivity contribution is -0.137. The Labute approximate surface area is 218 Å². The number of thioether (sulfide) groups is 1. The van der Waals surface area contributed by atoms with E-state index >= 15 is 0 Å². The van der Waals surface area contributed by atoms with Crippen molar-refractivity contribution in [3.63, 3.8) is 0 Å². The molecule has 3 aromatic carbocycles. The van der Waals surface area contributed by atoms with E-state index in [0.717, 1.165) is 23.9 Å². The lowest BCUT2D eigenvalue weighted by Crippen LogP contribution is -2.35. The van der Waals surface area contributed by atoms with Crippen LogP contribution in [0, 0.1) is 6.92 Å². The summed E-state index contributed by atoms with van der Waals surface area (Å²) in [5.41, 5.74) is 5.17. The Kier molecular flexibility index (Phi) is 7.36. The third-order valence-electron chi connectivity index (χ3n) is 5.28. The zero-order valence-corrected chi connectivity index (χ0v) is 21.4. The molecule has 0 bridgehead atoms. The van der Waals surface area contributed by atoms with Crippen molar-refractivity contribution < 1.29 is 21.6 Å². The van der Waals surface area contributed by atoms with Crippen molar-refractivity contribution in [2.75, 3.05) is 0 Å². The molecule has 0 saturated heterocycles. The second-order valence-electron chi connectivity index (χ2n) is 7.91. The van der Waals surface area contributed by atoms with Crippen molar-refractivity contribution in [3.8, 4) is 0 Å². The standard InChI is InChI=1S/C24H18ClF3N4O3S2/c1-14-9-21(20(11-19(14)25)36-13-15-5-4-7-17(10-15)24(26,27)28)37(34,35)31-23(29)32-22(33)18-8-3-2-6-16(18)12-30-32/h2-12H,13H2,1H3,(H2,29,31). The number of hydrogen-bond acceptors (Lipinski definition) is 5. The summed E-state index contributed by atoms with van der Waals surface area (Å²) in [4.78, 5) is 12.7. The van der Waals surface area contributed by atoms with Crippen LogP contribution < -0.4 is 11.3 Å². The van der Waals surface area contributed by atoms with Gasteiger partial charge >= 0.3 is 6.18 Å². The molecule has 7 nitrogen and oxygen atoms in total. The number of fused-ring (bicyclic) bond motifs is 1. The van der Waals surface area contributed by atoms with Gasteiger partial charge in [0.05, 0.1) is 17.1 Å². The topological polar surface area (TPSA) is 107 Å². The second kappa shape index (κ2) is 10.2. The molecule has 0 atom stereocenters. The molecule has 1 heterocycles. The van der Waals surface area contributed by atoms with Gasteiger partial charge in [-0.1, -0.05) is 48.0 Å². The Morgan fingerprint density at radius 1 is 1.14 bits per heavy atom. The zero-order valence-electron chi connectivity index (χ0n) is 19.0. The molecular weight excluding hydrogens is 549 g/mol. The Balaban J connectivity index is 1.71. The van der Waals surface area contributed by atoms with E-state index in [9.17, 15) is 26.4 Å². The smallest absolute Gasteiger partial charge is 0.367 e. The molecule has 0 aliphatic rings. The fourth-order valence-corrected chi connectivity index (χ4v) is 6.10. The van der Waals surface area contributed by atoms with Crippen LogP contribution in [0.1, 0.15) is 16.7 Å². The Morgan fingerprint density at radius 3 is 2.59 bits per heavy atom. The average molecular weight is 567 g/mol. The first kappa shape index (κ1) is 26.7. The molecule has 0 spiro atoms. The maximum atomic E-state index is 13.3. The van der Waals surface area contributed by atoms with Gasteiger partial charge in [-0.15, -0.1) is 16.2 Å². The third kappa shape index (κ3) is 5.81. The molecule has 0 fully saturated rings. The minimum absolute atomic E-state index is 0.0245. The summed E-state index contributed by atoms with van der Waals surface area (Å²) in [6.45, 7) is 1.59. The molecule has 0 saturated carbocycles. The SMILES string of the molecule is Cc1cc(S(=O)(=O)/N=C(\N)n2ncc3ccccc3c2=O)c(SCc2cccc(C(F)(F)F)c2)cc1Cl. The van der Waals surface area contributed by atoms with Gasteiger partial charge in [-0.05, 0) is 42.3 Å². The van der Waals surface area contributed by atoms with E-state index in [4.69, 9.17) is 17.3 Å². The number of benzene rings is 3. The van der Waals surface area contributed by atoms with E-state index in [2.05, 4.69) is 9.50 Å². The van der Waals surface area contributed by atoms with Crippen LogP contribution in [0.3, 0.4) is 0 Å². The highest BCUT2D eigenvalue weighted by Crippen LogP contribution is 2.36. The van der Waals surface area contributed by atoms with Gasteiger partial charge in [-0.3, -0.25) is 4.79 Å². The summed E-state index contributed by atoms with van der Waals surface area (Å²) in [6, 6.07) is 14.0. The van der Waals surface area contributed by atoms with Crippen molar-refractivity contribution in [1.82, 2.24) is 9.78 Å². The minimum Gasteiger partial charge on any atom is -0.367 e. The van der Waals surface area contributed by atoms with E-state index in [1.54, 1.807) is 31.2 Å². The summed E-state index contributed by atoms with van der Waals surface area (Å²) in [7, 11) is -4.48. The summed E-state index contributed by atoms with van der Waals surface area (Å²) in [5.74, 6) is -0.645. The number of rotatable bonds is 5. The Bertz CT molecular complexity index is 1700. The van der Waals surface area contributed by atoms with Crippen LogP contribution in [-0.4, -0.2) is 24.2 Å². The fraction of sp³-hybridized carbons (Fsp3) is 0.125. The molecule has 0 radical (unpaired) electrons. The highest BCUT2D eigenvalue weighted by molar-refractivity contribution is 7.99. The van der Waals surface area contributed by atoms with Crippen molar-refractivity contribution in [2.24, 2.45) is 10.1 Å². The number of aromatic nitrogens is 2. The molecular formula is C24H18ClF3N4O3S2. The van der Waals surface area contributed by atoms with Crippen LogP contribution in [-0.2, 0) is 22.0 Å². The molecule has 0 amide bonds. The van der Waals surface area contributed by atoms with Gasteiger partial charge in [0.15, 0.2) is 0 Å². The first-order valence-corrected chi connectivity index (χ1v) is 13.3. The van der Waals surface area contributed by atoms with E-state index in [-0.39, 0.29) is 26.0 Å². The van der Waals surface area contributed by atoms with Crippen LogP contribution in [0.25, 0.3) is 10.8 Å². The van der Waals surface area contributed by atoms with Gasteiger partial charge in [0.2, 0.25) is 5.96 Å². The van der Waals surface area contributed by atoms with Gasteiger partial charge < -0.3 is 5.73 Å². The molecule has 0 unspecified atom stereocenters. The molecule has 13 heteroatoms. The molecule has 192 valence electrons. The predicted octanol–water partition coefficient (Wildman–Crippen LogP) is 5.22. The largest absolute Gasteiger partial charge is 0.416 e. The first-order valence-electron chi connectivity index (χ1n) is 10.5. The highest BCUT2D eigenvalue weighted by Gasteiger charge is 2.30. The van der Waals surface area contributed by atoms with Gasteiger partial charge in [-0.2, -0.15) is 31.4 Å². The summed E-state index contributed by atoms with van der Waals surface area (Å²) < 4.78 is 70.0. The van der Waals surface area contributed by atoms with Crippen molar-refractivity contribution in [3.05, 3.63) is 98.9 Å². The van der Waals surface area contributed by atoms with Gasteiger partial charge in [-0.25, -0.2) is 0 Å². The van der Waals surface area contributed by atoms with Crippen LogP contribution in [0.15, 0.2) is 85.8 Å². The number of aryl methyl sites for hydroxylation is 1. The second-order valence-corrected chi connectivity index (χ2v) is 10.9. The first-order chi connectivity index (χ1) is 17.4. The maximum absolute atomic E-state index is 13.3. The number of sulfonamides is 1. The molecule has 2 N–H and O–H groups in total. The molecule has 4 aromatic rings. The molecule has 1 aromatic heterocycles. The number of nitrogens with two attached hydrogens (primary N) is 1. The normalized spacial score (nSPS) is 12.7. The number of hydrogen-bond donors (Lipinski definition) is 1. The summed E-state index contributed by atoms with van der Waals surface area (Å²) in [5, 5.41) is 4.98. The van der Waals surface area contributed by atoms with Crippen LogP contribution in [0.4, 0.5) is 13.2 Å². The maximum Gasteiger partial charge on any atom is 0.416 e. The van der Waals surface area contributed by atoms with E-state index in [1.807, 2.05) is 0 Å². The Morgan fingerprint density at radius 2 is 1.86 bits per heavy atom. The fourth-order valence-electron chi connectivity index (χ4n) is 3.41.